The summed E-state index contributed by atoms with van der Waals surface area (Å²) in [6, 6.07) is 7.12. The number of amides is 2. The van der Waals surface area contributed by atoms with Crippen molar-refractivity contribution in [3.8, 4) is 5.75 Å². The molecule has 1 aliphatic heterocycles. The van der Waals surface area contributed by atoms with Gasteiger partial charge in [0.15, 0.2) is 0 Å². The van der Waals surface area contributed by atoms with Crippen LogP contribution in [0.2, 0.25) is 5.02 Å². The van der Waals surface area contributed by atoms with E-state index in [1.54, 1.807) is 29.2 Å². The first-order valence-corrected chi connectivity index (χ1v) is 10.6. The van der Waals surface area contributed by atoms with Gasteiger partial charge < -0.3 is 15.0 Å². The van der Waals surface area contributed by atoms with E-state index in [0.29, 0.717) is 47.6 Å². The van der Waals surface area contributed by atoms with Gasteiger partial charge in [-0.15, -0.1) is 11.3 Å². The van der Waals surface area contributed by atoms with Crippen molar-refractivity contribution in [3.63, 3.8) is 0 Å². The maximum Gasteiger partial charge on any atom is 0.265 e. The summed E-state index contributed by atoms with van der Waals surface area (Å²) < 4.78 is 5.73. The van der Waals surface area contributed by atoms with Crippen LogP contribution in [-0.2, 0) is 11.4 Å². The van der Waals surface area contributed by atoms with Crippen molar-refractivity contribution in [1.29, 1.82) is 0 Å². The lowest BCUT2D eigenvalue weighted by Gasteiger charge is -2.31. The topological polar surface area (TPSA) is 71.5 Å². The van der Waals surface area contributed by atoms with E-state index >= 15 is 0 Å². The molecule has 1 unspecified atom stereocenters. The first kappa shape index (κ1) is 20.6. The molecule has 0 spiro atoms. The van der Waals surface area contributed by atoms with Crippen LogP contribution in [0, 0.1) is 12.8 Å². The summed E-state index contributed by atoms with van der Waals surface area (Å²) in [6.45, 7) is 5.76. The van der Waals surface area contributed by atoms with Gasteiger partial charge in [0.05, 0.1) is 11.6 Å². The normalized spacial score (nSPS) is 16.7. The standard InChI is InChI=1S/C20H24ClN3O3S/c1-3-22-19(25)14-5-4-10-24(11-14)20(26)18-13(2)23-17(28-18)12-27-16-8-6-15(21)7-9-16/h6-9,14H,3-5,10-12H2,1-2H3,(H,22,25). The van der Waals surface area contributed by atoms with E-state index in [-0.39, 0.29) is 17.7 Å². The summed E-state index contributed by atoms with van der Waals surface area (Å²) in [5, 5.41) is 4.25. The molecule has 150 valence electrons. The molecule has 1 aliphatic rings. The lowest BCUT2D eigenvalue weighted by molar-refractivity contribution is -0.126. The van der Waals surface area contributed by atoms with Crippen molar-refractivity contribution in [1.82, 2.24) is 15.2 Å². The number of halogens is 1. The number of carbonyl (C=O) groups excluding carboxylic acids is 2. The fourth-order valence-corrected chi connectivity index (χ4v) is 4.30. The second kappa shape index (κ2) is 9.39. The summed E-state index contributed by atoms with van der Waals surface area (Å²) in [4.78, 5) is 32.0. The Morgan fingerprint density at radius 3 is 2.82 bits per heavy atom. The fraction of sp³-hybridized carbons (Fsp3) is 0.450. The molecule has 0 radical (unpaired) electrons. The van der Waals surface area contributed by atoms with Crippen LogP contribution in [0.3, 0.4) is 0 Å². The van der Waals surface area contributed by atoms with Gasteiger partial charge in [0.1, 0.15) is 22.2 Å². The third-order valence-corrected chi connectivity index (χ3v) is 6.01. The maximum atomic E-state index is 13.0. The summed E-state index contributed by atoms with van der Waals surface area (Å²) in [6.07, 6.45) is 1.65. The smallest absolute Gasteiger partial charge is 0.265 e. The van der Waals surface area contributed by atoms with E-state index in [1.807, 2.05) is 13.8 Å². The van der Waals surface area contributed by atoms with Crippen molar-refractivity contribution in [2.24, 2.45) is 5.92 Å². The van der Waals surface area contributed by atoms with E-state index in [9.17, 15) is 9.59 Å². The number of piperidine rings is 1. The zero-order chi connectivity index (χ0) is 20.1. The molecule has 2 heterocycles. The zero-order valence-corrected chi connectivity index (χ0v) is 17.6. The minimum atomic E-state index is -0.140. The molecule has 6 nitrogen and oxygen atoms in total. The fourth-order valence-electron chi connectivity index (χ4n) is 3.23. The first-order chi connectivity index (χ1) is 13.5. The molecular formula is C20H24ClN3O3S. The quantitative estimate of drug-likeness (QED) is 0.772. The van der Waals surface area contributed by atoms with Crippen LogP contribution in [0.5, 0.6) is 5.75 Å². The second-order valence-corrected chi connectivity index (χ2v) is 8.27. The number of hydrogen-bond acceptors (Lipinski definition) is 5. The highest BCUT2D eigenvalue weighted by Gasteiger charge is 2.30. The molecule has 3 rings (SSSR count). The van der Waals surface area contributed by atoms with Crippen LogP contribution in [0.25, 0.3) is 0 Å². The molecule has 1 aromatic carbocycles. The van der Waals surface area contributed by atoms with Gasteiger partial charge in [-0.25, -0.2) is 4.98 Å². The minimum absolute atomic E-state index is 0.0260. The first-order valence-electron chi connectivity index (χ1n) is 9.39. The number of nitrogens with one attached hydrogen (secondary N) is 1. The van der Waals surface area contributed by atoms with Crippen molar-refractivity contribution >= 4 is 34.8 Å². The Morgan fingerprint density at radius 1 is 1.36 bits per heavy atom. The van der Waals surface area contributed by atoms with E-state index in [4.69, 9.17) is 16.3 Å². The Kier molecular flexibility index (Phi) is 6.91. The van der Waals surface area contributed by atoms with Crippen LogP contribution >= 0.6 is 22.9 Å². The SMILES string of the molecule is CCNC(=O)C1CCCN(C(=O)c2sc(COc3ccc(Cl)cc3)nc2C)C1. The molecule has 2 amide bonds. The number of hydrogen-bond donors (Lipinski definition) is 1. The number of benzene rings is 1. The van der Waals surface area contributed by atoms with E-state index in [2.05, 4.69) is 10.3 Å². The van der Waals surface area contributed by atoms with Crippen LogP contribution in [0.4, 0.5) is 0 Å². The number of aryl methyl sites for hydroxylation is 1. The summed E-state index contributed by atoms with van der Waals surface area (Å²) >= 11 is 7.23. The number of likely N-dealkylation sites (tertiary alicyclic amines) is 1. The lowest BCUT2D eigenvalue weighted by Crippen LogP contribution is -2.45. The summed E-state index contributed by atoms with van der Waals surface area (Å²) in [5.74, 6) is 0.532. The summed E-state index contributed by atoms with van der Waals surface area (Å²) in [5.41, 5.74) is 0.699. The monoisotopic (exact) mass is 421 g/mol. The number of rotatable bonds is 6. The van der Waals surface area contributed by atoms with Gasteiger partial charge in [0, 0.05) is 24.7 Å². The molecule has 1 aromatic heterocycles. The van der Waals surface area contributed by atoms with Gasteiger partial charge in [-0.1, -0.05) is 11.6 Å². The molecule has 8 heteroatoms. The maximum absolute atomic E-state index is 13.0. The Balaban J connectivity index is 1.63. The Bertz CT molecular complexity index is 838. The Labute approximate surface area is 173 Å². The predicted molar refractivity (Wildman–Crippen MR) is 110 cm³/mol. The number of thiazole rings is 1. The molecule has 0 bridgehead atoms. The summed E-state index contributed by atoms with van der Waals surface area (Å²) in [7, 11) is 0. The molecule has 1 fully saturated rings. The van der Waals surface area contributed by atoms with Crippen LogP contribution in [-0.4, -0.2) is 41.3 Å². The van der Waals surface area contributed by atoms with Gasteiger partial charge in [-0.3, -0.25) is 9.59 Å². The van der Waals surface area contributed by atoms with E-state index < -0.39 is 0 Å². The molecular weight excluding hydrogens is 398 g/mol. The number of aromatic nitrogens is 1. The van der Waals surface area contributed by atoms with E-state index in [1.165, 1.54) is 11.3 Å². The van der Waals surface area contributed by atoms with E-state index in [0.717, 1.165) is 17.8 Å². The number of carbonyl (C=O) groups is 2. The zero-order valence-electron chi connectivity index (χ0n) is 16.0. The van der Waals surface area contributed by atoms with Crippen LogP contribution < -0.4 is 10.1 Å². The number of ether oxygens (including phenoxy) is 1. The van der Waals surface area contributed by atoms with Gasteiger partial charge >= 0.3 is 0 Å². The van der Waals surface area contributed by atoms with Crippen molar-refractivity contribution in [2.75, 3.05) is 19.6 Å². The molecule has 2 aromatic rings. The minimum Gasteiger partial charge on any atom is -0.486 e. The third kappa shape index (κ3) is 5.02. The van der Waals surface area contributed by atoms with Gasteiger partial charge in [0.25, 0.3) is 5.91 Å². The molecule has 1 atom stereocenters. The predicted octanol–water partition coefficient (Wildman–Crippen LogP) is 3.67. The van der Waals surface area contributed by atoms with Gasteiger partial charge in [-0.05, 0) is 51.0 Å². The van der Waals surface area contributed by atoms with Crippen molar-refractivity contribution in [2.45, 2.75) is 33.3 Å². The Hall–Kier alpha value is -2.12. The van der Waals surface area contributed by atoms with Crippen LogP contribution in [0.15, 0.2) is 24.3 Å². The van der Waals surface area contributed by atoms with Gasteiger partial charge in [0.2, 0.25) is 5.91 Å². The largest absolute Gasteiger partial charge is 0.486 e. The van der Waals surface area contributed by atoms with Crippen molar-refractivity contribution < 1.29 is 14.3 Å². The molecule has 0 aliphatic carbocycles. The van der Waals surface area contributed by atoms with Crippen LogP contribution in [0.1, 0.15) is 40.1 Å². The third-order valence-electron chi connectivity index (χ3n) is 4.64. The second-order valence-electron chi connectivity index (χ2n) is 6.75. The average Bonchev–Trinajstić information content (AvgIpc) is 3.08. The Morgan fingerprint density at radius 2 is 2.11 bits per heavy atom. The van der Waals surface area contributed by atoms with Gasteiger partial charge in [-0.2, -0.15) is 0 Å². The van der Waals surface area contributed by atoms with Crippen molar-refractivity contribution in [3.05, 3.63) is 44.9 Å². The highest BCUT2D eigenvalue weighted by molar-refractivity contribution is 7.13. The molecule has 1 N–H and O–H groups in total. The molecule has 0 saturated carbocycles. The lowest BCUT2D eigenvalue weighted by atomic mass is 9.97. The average molecular weight is 422 g/mol. The highest BCUT2D eigenvalue weighted by Crippen LogP contribution is 2.25. The number of nitrogens with zero attached hydrogens (tertiary/aromatic N) is 2. The highest BCUT2D eigenvalue weighted by atomic mass is 35.5. The molecule has 28 heavy (non-hydrogen) atoms. The molecule has 1 saturated heterocycles.